The first kappa shape index (κ1) is 14.2. The van der Waals surface area contributed by atoms with Crippen molar-refractivity contribution in [2.24, 2.45) is 7.05 Å². The summed E-state index contributed by atoms with van der Waals surface area (Å²) in [7, 11) is 1.73. The van der Waals surface area contributed by atoms with E-state index in [1.54, 1.807) is 52.8 Å². The van der Waals surface area contributed by atoms with Crippen LogP contribution in [0.25, 0.3) is 27.8 Å². The van der Waals surface area contributed by atoms with Crippen LogP contribution >= 0.6 is 0 Å². The average molecular weight is 318 g/mol. The quantitative estimate of drug-likeness (QED) is 0.419. The SMILES string of the molecule is Cn1cc(-c2ccc3c(-c4cc[n+]([O-])cc4)cnn3c2)ccc1=O. The van der Waals surface area contributed by atoms with Crippen LogP contribution in [-0.2, 0) is 7.05 Å². The third kappa shape index (κ3) is 2.34. The van der Waals surface area contributed by atoms with Crippen molar-refractivity contribution >= 4 is 5.52 Å². The van der Waals surface area contributed by atoms with E-state index in [-0.39, 0.29) is 5.56 Å². The molecule has 6 heteroatoms. The fourth-order valence-corrected chi connectivity index (χ4v) is 2.73. The Bertz CT molecular complexity index is 1090. The van der Waals surface area contributed by atoms with Gasteiger partial charge in [-0.2, -0.15) is 9.83 Å². The first-order valence-electron chi connectivity index (χ1n) is 7.45. The molecule has 0 aromatic carbocycles. The summed E-state index contributed by atoms with van der Waals surface area (Å²) in [5, 5.41) is 15.6. The van der Waals surface area contributed by atoms with Crippen LogP contribution in [0.2, 0.25) is 0 Å². The summed E-state index contributed by atoms with van der Waals surface area (Å²) in [6, 6.07) is 10.9. The van der Waals surface area contributed by atoms with Crippen molar-refractivity contribution in [3.63, 3.8) is 0 Å². The van der Waals surface area contributed by atoms with Gasteiger partial charge in [-0.3, -0.25) is 4.79 Å². The van der Waals surface area contributed by atoms with Crippen molar-refractivity contribution in [2.45, 2.75) is 0 Å². The molecule has 0 saturated carbocycles. The summed E-state index contributed by atoms with van der Waals surface area (Å²) in [5.74, 6) is 0. The Labute approximate surface area is 137 Å². The fourth-order valence-electron chi connectivity index (χ4n) is 2.73. The largest absolute Gasteiger partial charge is 0.619 e. The van der Waals surface area contributed by atoms with Crippen LogP contribution < -0.4 is 10.3 Å². The topological polar surface area (TPSA) is 66.2 Å². The molecule has 0 amide bonds. The van der Waals surface area contributed by atoms with Crippen LogP contribution in [0.3, 0.4) is 0 Å². The Kier molecular flexibility index (Phi) is 3.16. The predicted octanol–water partition coefficient (Wildman–Crippen LogP) is 2.00. The number of aryl methyl sites for hydroxylation is 1. The van der Waals surface area contributed by atoms with E-state index in [0.717, 1.165) is 32.5 Å². The number of fused-ring (bicyclic) bond motifs is 1. The molecule has 0 N–H and O–H groups in total. The second-order valence-electron chi connectivity index (χ2n) is 5.62. The van der Waals surface area contributed by atoms with Crippen molar-refractivity contribution in [1.82, 2.24) is 14.2 Å². The Morgan fingerprint density at radius 1 is 0.958 bits per heavy atom. The molecule has 0 spiro atoms. The minimum Gasteiger partial charge on any atom is -0.619 e. The highest BCUT2D eigenvalue weighted by molar-refractivity contribution is 5.80. The lowest BCUT2D eigenvalue weighted by atomic mass is 10.1. The molecule has 4 aromatic heterocycles. The zero-order chi connectivity index (χ0) is 16.7. The van der Waals surface area contributed by atoms with Crippen LogP contribution in [0.1, 0.15) is 0 Å². The van der Waals surface area contributed by atoms with E-state index < -0.39 is 0 Å². The zero-order valence-electron chi connectivity index (χ0n) is 13.0. The number of pyridine rings is 3. The van der Waals surface area contributed by atoms with Gasteiger partial charge in [-0.15, -0.1) is 0 Å². The molecular weight excluding hydrogens is 304 g/mol. The maximum atomic E-state index is 11.5. The van der Waals surface area contributed by atoms with E-state index in [0.29, 0.717) is 0 Å². The third-order valence-electron chi connectivity index (χ3n) is 4.05. The highest BCUT2D eigenvalue weighted by Crippen LogP contribution is 2.26. The van der Waals surface area contributed by atoms with Gasteiger partial charge in [0.1, 0.15) is 0 Å². The van der Waals surface area contributed by atoms with Gasteiger partial charge in [0, 0.05) is 48.8 Å². The minimum absolute atomic E-state index is 0.0408. The molecule has 0 aliphatic carbocycles. The van der Waals surface area contributed by atoms with E-state index >= 15 is 0 Å². The predicted molar refractivity (Wildman–Crippen MR) is 90.3 cm³/mol. The maximum absolute atomic E-state index is 11.5. The summed E-state index contributed by atoms with van der Waals surface area (Å²) in [4.78, 5) is 11.5. The molecule has 0 bridgehead atoms. The zero-order valence-corrected chi connectivity index (χ0v) is 13.0. The molecule has 4 aromatic rings. The average Bonchev–Trinajstić information content (AvgIpc) is 3.01. The van der Waals surface area contributed by atoms with Crippen molar-refractivity contribution < 1.29 is 4.73 Å². The monoisotopic (exact) mass is 318 g/mol. The Hall–Kier alpha value is -3.41. The van der Waals surface area contributed by atoms with Gasteiger partial charge in [0.15, 0.2) is 12.4 Å². The number of hydrogen-bond donors (Lipinski definition) is 0. The lowest BCUT2D eigenvalue weighted by molar-refractivity contribution is -0.605. The van der Waals surface area contributed by atoms with E-state index in [4.69, 9.17) is 0 Å². The molecule has 0 aliphatic rings. The van der Waals surface area contributed by atoms with Gasteiger partial charge < -0.3 is 9.77 Å². The molecule has 118 valence electrons. The molecule has 4 heterocycles. The van der Waals surface area contributed by atoms with Gasteiger partial charge in [0.05, 0.1) is 11.7 Å². The van der Waals surface area contributed by atoms with Crippen LogP contribution in [0.4, 0.5) is 0 Å². The van der Waals surface area contributed by atoms with Gasteiger partial charge in [0.25, 0.3) is 0 Å². The number of nitrogens with zero attached hydrogens (tertiary/aromatic N) is 4. The molecule has 0 fully saturated rings. The van der Waals surface area contributed by atoms with Gasteiger partial charge >= 0.3 is 0 Å². The van der Waals surface area contributed by atoms with E-state index in [1.165, 1.54) is 12.4 Å². The lowest BCUT2D eigenvalue weighted by Gasteiger charge is -2.05. The van der Waals surface area contributed by atoms with E-state index in [1.807, 2.05) is 18.3 Å². The second kappa shape index (κ2) is 5.34. The smallest absolute Gasteiger partial charge is 0.250 e. The Morgan fingerprint density at radius 3 is 2.42 bits per heavy atom. The number of hydrogen-bond acceptors (Lipinski definition) is 3. The molecule has 6 nitrogen and oxygen atoms in total. The third-order valence-corrected chi connectivity index (χ3v) is 4.05. The summed E-state index contributed by atoms with van der Waals surface area (Å²) < 4.78 is 4.11. The summed E-state index contributed by atoms with van der Waals surface area (Å²) in [6.45, 7) is 0. The fraction of sp³-hybridized carbons (Fsp3) is 0.0556. The van der Waals surface area contributed by atoms with Crippen LogP contribution in [0.15, 0.2) is 72.2 Å². The summed E-state index contributed by atoms with van der Waals surface area (Å²) in [6.07, 6.45) is 8.45. The van der Waals surface area contributed by atoms with Crippen LogP contribution in [-0.4, -0.2) is 14.2 Å². The molecule has 0 radical (unpaired) electrons. The summed E-state index contributed by atoms with van der Waals surface area (Å²) >= 11 is 0. The summed E-state index contributed by atoms with van der Waals surface area (Å²) in [5.41, 5.74) is 4.73. The standard InChI is InChI=1S/C18H14N4O2/c1-20-11-14(3-5-18(20)23)15-2-4-17-16(10-19-22(17)12-15)13-6-8-21(24)9-7-13/h2-12H,1H3. The highest BCUT2D eigenvalue weighted by atomic mass is 16.5. The second-order valence-corrected chi connectivity index (χ2v) is 5.62. The molecule has 0 saturated heterocycles. The minimum atomic E-state index is -0.0408. The molecule has 0 unspecified atom stereocenters. The van der Waals surface area contributed by atoms with Gasteiger partial charge in [-0.25, -0.2) is 4.52 Å². The van der Waals surface area contributed by atoms with Crippen LogP contribution in [0.5, 0.6) is 0 Å². The molecule has 24 heavy (non-hydrogen) atoms. The van der Waals surface area contributed by atoms with Gasteiger partial charge in [0.2, 0.25) is 5.56 Å². The molecule has 0 atom stereocenters. The Morgan fingerprint density at radius 2 is 1.67 bits per heavy atom. The first-order valence-corrected chi connectivity index (χ1v) is 7.45. The van der Waals surface area contributed by atoms with Crippen molar-refractivity contribution in [2.75, 3.05) is 0 Å². The lowest BCUT2D eigenvalue weighted by Crippen LogP contribution is -2.23. The van der Waals surface area contributed by atoms with E-state index in [2.05, 4.69) is 5.10 Å². The van der Waals surface area contributed by atoms with Crippen LogP contribution in [0, 0.1) is 5.21 Å². The van der Waals surface area contributed by atoms with Gasteiger partial charge in [-0.1, -0.05) is 6.07 Å². The normalized spacial score (nSPS) is 11.0. The van der Waals surface area contributed by atoms with Crippen molar-refractivity contribution in [3.05, 3.63) is 82.9 Å². The Balaban J connectivity index is 1.81. The number of rotatable bonds is 2. The maximum Gasteiger partial charge on any atom is 0.250 e. The first-order chi connectivity index (χ1) is 11.6. The van der Waals surface area contributed by atoms with E-state index in [9.17, 15) is 10.0 Å². The molecule has 4 rings (SSSR count). The highest BCUT2D eigenvalue weighted by Gasteiger charge is 2.09. The number of aromatic nitrogens is 4. The van der Waals surface area contributed by atoms with Crippen molar-refractivity contribution in [1.29, 1.82) is 0 Å². The van der Waals surface area contributed by atoms with Gasteiger partial charge in [-0.05, 0) is 23.3 Å². The van der Waals surface area contributed by atoms with Crippen molar-refractivity contribution in [3.8, 4) is 22.3 Å². The molecule has 0 aliphatic heterocycles. The molecular formula is C18H14N4O2.